The average Bonchev–Trinajstić information content (AvgIpc) is 2.73. The van der Waals surface area contributed by atoms with Gasteiger partial charge in [-0.15, -0.1) is 0 Å². The Morgan fingerprint density at radius 1 is 1.38 bits per heavy atom. The van der Waals surface area contributed by atoms with Crippen LogP contribution in [0.1, 0.15) is 17.2 Å². The van der Waals surface area contributed by atoms with Crippen LogP contribution in [0.5, 0.6) is 0 Å². The third-order valence-electron chi connectivity index (χ3n) is 2.48. The van der Waals surface area contributed by atoms with Gasteiger partial charge in [0.2, 0.25) is 0 Å². The fourth-order valence-corrected chi connectivity index (χ4v) is 1.66. The van der Waals surface area contributed by atoms with Crippen LogP contribution >= 0.6 is 0 Å². The molecule has 16 heavy (non-hydrogen) atoms. The van der Waals surface area contributed by atoms with Crippen molar-refractivity contribution in [3.63, 3.8) is 0 Å². The Bertz CT molecular complexity index is 480. The summed E-state index contributed by atoms with van der Waals surface area (Å²) in [6, 6.07) is 0. The van der Waals surface area contributed by atoms with Gasteiger partial charge in [-0.05, 0) is 13.8 Å². The van der Waals surface area contributed by atoms with E-state index in [1.165, 1.54) is 0 Å². The smallest absolute Gasteiger partial charge is 0.185 e. The lowest BCUT2D eigenvalue weighted by molar-refractivity contribution is 0.174. The number of nitrogens with one attached hydrogen (secondary N) is 1. The van der Waals surface area contributed by atoms with E-state index in [2.05, 4.69) is 20.3 Å². The molecule has 0 amide bonds. The Morgan fingerprint density at radius 3 is 2.69 bits per heavy atom. The molecule has 1 N–H and O–H groups in total. The highest BCUT2D eigenvalue weighted by Gasteiger charge is 2.15. The number of methoxy groups -OCH3 is 1. The summed E-state index contributed by atoms with van der Waals surface area (Å²) in [4.78, 5) is 4.43. The molecule has 6 nitrogen and oxygen atoms in total. The molecule has 0 saturated heterocycles. The molecule has 2 aromatic rings. The Hall–Kier alpha value is -1.69. The van der Waals surface area contributed by atoms with E-state index >= 15 is 0 Å². The summed E-state index contributed by atoms with van der Waals surface area (Å²) in [5.41, 5.74) is 2.86. The van der Waals surface area contributed by atoms with Crippen molar-refractivity contribution >= 4 is 0 Å². The molecule has 2 heterocycles. The summed E-state index contributed by atoms with van der Waals surface area (Å²) < 4.78 is 6.78. The summed E-state index contributed by atoms with van der Waals surface area (Å²) in [6.45, 7) is 4.35. The summed E-state index contributed by atoms with van der Waals surface area (Å²) >= 11 is 0. The highest BCUT2D eigenvalue weighted by molar-refractivity contribution is 5.60. The maximum absolute atomic E-state index is 5.05. The molecule has 0 spiro atoms. The van der Waals surface area contributed by atoms with Crippen LogP contribution in [0.3, 0.4) is 0 Å². The quantitative estimate of drug-likeness (QED) is 0.838. The maximum atomic E-state index is 5.05. The van der Waals surface area contributed by atoms with Gasteiger partial charge in [-0.1, -0.05) is 0 Å². The number of hydrogen-bond donors (Lipinski definition) is 1. The van der Waals surface area contributed by atoms with Gasteiger partial charge in [0, 0.05) is 19.9 Å². The Balaban J connectivity index is 2.45. The van der Waals surface area contributed by atoms with Crippen LogP contribution in [0.15, 0.2) is 0 Å². The lowest BCUT2D eigenvalue weighted by Crippen LogP contribution is -2.00. The second-order valence-corrected chi connectivity index (χ2v) is 3.72. The van der Waals surface area contributed by atoms with E-state index in [4.69, 9.17) is 4.74 Å². The van der Waals surface area contributed by atoms with Gasteiger partial charge < -0.3 is 4.74 Å². The van der Waals surface area contributed by atoms with Crippen LogP contribution in [0.4, 0.5) is 0 Å². The van der Waals surface area contributed by atoms with Gasteiger partial charge in [0.1, 0.15) is 6.61 Å². The molecule has 0 saturated carbocycles. The van der Waals surface area contributed by atoms with Gasteiger partial charge >= 0.3 is 0 Å². The molecular weight excluding hydrogens is 206 g/mol. The molecule has 2 aromatic heterocycles. The van der Waals surface area contributed by atoms with Crippen LogP contribution in [0.2, 0.25) is 0 Å². The van der Waals surface area contributed by atoms with Crippen molar-refractivity contribution in [2.75, 3.05) is 7.11 Å². The number of ether oxygens (including phenoxy) is 1. The van der Waals surface area contributed by atoms with Gasteiger partial charge in [0.15, 0.2) is 11.6 Å². The van der Waals surface area contributed by atoms with E-state index in [0.29, 0.717) is 12.4 Å². The standard InChI is InChI=1S/C10H15N5O/c1-6-9(7(2)13-12-6)10-11-8(5-16-4)15(3)14-10/h5H2,1-4H3,(H,12,13). The van der Waals surface area contributed by atoms with Crippen LogP contribution in [0.25, 0.3) is 11.4 Å². The lowest BCUT2D eigenvalue weighted by Gasteiger charge is -1.94. The first-order valence-electron chi connectivity index (χ1n) is 5.04. The third kappa shape index (κ3) is 1.71. The monoisotopic (exact) mass is 221 g/mol. The molecule has 0 aliphatic rings. The third-order valence-corrected chi connectivity index (χ3v) is 2.48. The minimum atomic E-state index is 0.458. The summed E-state index contributed by atoms with van der Waals surface area (Å²) in [5, 5.41) is 11.4. The fourth-order valence-electron chi connectivity index (χ4n) is 1.66. The number of aryl methyl sites for hydroxylation is 3. The first-order valence-corrected chi connectivity index (χ1v) is 5.04. The van der Waals surface area contributed by atoms with Gasteiger partial charge in [-0.25, -0.2) is 4.98 Å². The predicted molar refractivity (Wildman–Crippen MR) is 58.8 cm³/mol. The molecule has 0 atom stereocenters. The number of rotatable bonds is 3. The van der Waals surface area contributed by atoms with Gasteiger partial charge in [-0.2, -0.15) is 10.2 Å². The second kappa shape index (κ2) is 4.05. The molecule has 0 fully saturated rings. The molecule has 0 radical (unpaired) electrons. The topological polar surface area (TPSA) is 68.6 Å². The SMILES string of the molecule is COCc1nc(-c2c(C)n[nH]c2C)nn1C. The molecule has 0 bridgehead atoms. The zero-order chi connectivity index (χ0) is 11.7. The zero-order valence-corrected chi connectivity index (χ0v) is 9.90. The van der Waals surface area contributed by atoms with Crippen molar-refractivity contribution in [1.29, 1.82) is 0 Å². The Morgan fingerprint density at radius 2 is 2.12 bits per heavy atom. The average molecular weight is 221 g/mol. The highest BCUT2D eigenvalue weighted by Crippen LogP contribution is 2.21. The molecule has 0 aliphatic heterocycles. The van der Waals surface area contributed by atoms with Crippen molar-refractivity contribution in [1.82, 2.24) is 25.0 Å². The minimum absolute atomic E-state index is 0.458. The minimum Gasteiger partial charge on any atom is -0.377 e. The zero-order valence-electron chi connectivity index (χ0n) is 9.90. The van der Waals surface area contributed by atoms with E-state index in [1.807, 2.05) is 20.9 Å². The van der Waals surface area contributed by atoms with E-state index < -0.39 is 0 Å². The van der Waals surface area contributed by atoms with Crippen molar-refractivity contribution in [3.8, 4) is 11.4 Å². The largest absolute Gasteiger partial charge is 0.377 e. The van der Waals surface area contributed by atoms with Crippen LogP contribution in [0, 0.1) is 13.8 Å². The van der Waals surface area contributed by atoms with Crippen molar-refractivity contribution in [2.45, 2.75) is 20.5 Å². The molecule has 2 rings (SSSR count). The summed E-state index contributed by atoms with van der Waals surface area (Å²) in [7, 11) is 3.50. The number of hydrogen-bond acceptors (Lipinski definition) is 4. The van der Waals surface area contributed by atoms with E-state index in [0.717, 1.165) is 22.8 Å². The molecule has 6 heteroatoms. The second-order valence-electron chi connectivity index (χ2n) is 3.72. The van der Waals surface area contributed by atoms with Gasteiger partial charge in [0.05, 0.1) is 11.3 Å². The number of H-pyrrole nitrogens is 1. The fraction of sp³-hybridized carbons (Fsp3) is 0.500. The molecule has 0 aliphatic carbocycles. The van der Waals surface area contributed by atoms with Crippen molar-refractivity contribution < 1.29 is 4.74 Å². The van der Waals surface area contributed by atoms with Crippen LogP contribution in [-0.2, 0) is 18.4 Å². The molecular formula is C10H15N5O. The normalized spacial score (nSPS) is 11.0. The van der Waals surface area contributed by atoms with Crippen molar-refractivity contribution in [2.24, 2.45) is 7.05 Å². The van der Waals surface area contributed by atoms with E-state index in [-0.39, 0.29) is 0 Å². The van der Waals surface area contributed by atoms with Crippen LogP contribution in [-0.4, -0.2) is 32.1 Å². The predicted octanol–water partition coefficient (Wildman–Crippen LogP) is 0.968. The Kier molecular flexibility index (Phi) is 2.74. The van der Waals surface area contributed by atoms with E-state index in [1.54, 1.807) is 11.8 Å². The lowest BCUT2D eigenvalue weighted by atomic mass is 10.2. The summed E-state index contributed by atoms with van der Waals surface area (Å²) in [6.07, 6.45) is 0. The van der Waals surface area contributed by atoms with E-state index in [9.17, 15) is 0 Å². The summed E-state index contributed by atoms with van der Waals surface area (Å²) in [5.74, 6) is 1.50. The maximum Gasteiger partial charge on any atom is 0.185 e. The number of nitrogens with zero attached hydrogens (tertiary/aromatic N) is 4. The molecule has 86 valence electrons. The van der Waals surface area contributed by atoms with Gasteiger partial charge in [0.25, 0.3) is 0 Å². The van der Waals surface area contributed by atoms with Crippen molar-refractivity contribution in [3.05, 3.63) is 17.2 Å². The first-order chi connectivity index (χ1) is 7.63. The Labute approximate surface area is 93.7 Å². The molecule has 0 aromatic carbocycles. The van der Waals surface area contributed by atoms with Gasteiger partial charge in [-0.3, -0.25) is 9.78 Å². The van der Waals surface area contributed by atoms with Crippen LogP contribution < -0.4 is 0 Å². The highest BCUT2D eigenvalue weighted by atomic mass is 16.5. The molecule has 0 unspecified atom stereocenters. The number of aromatic nitrogens is 5. The number of aromatic amines is 1. The first kappa shape index (κ1) is 10.8.